The molecule has 0 saturated heterocycles. The average molecular weight is 186 g/mol. The van der Waals surface area contributed by atoms with Gasteiger partial charge in [-0.1, -0.05) is 6.07 Å². The molecular formula is C10H10N4. The van der Waals surface area contributed by atoms with Crippen molar-refractivity contribution in [2.75, 3.05) is 0 Å². The number of nitrogens with zero attached hydrogens (tertiary/aromatic N) is 4. The van der Waals surface area contributed by atoms with Gasteiger partial charge in [-0.05, 0) is 18.6 Å². The lowest BCUT2D eigenvalue weighted by Gasteiger charge is -2.16. The van der Waals surface area contributed by atoms with Gasteiger partial charge in [0.05, 0.1) is 18.7 Å². The largest absolute Gasteiger partial charge is 0.310 e. The van der Waals surface area contributed by atoms with Crippen molar-refractivity contribution in [1.29, 1.82) is 0 Å². The lowest BCUT2D eigenvalue weighted by atomic mass is 10.1. The Bertz CT molecular complexity index is 487. The molecule has 4 nitrogen and oxygen atoms in total. The Labute approximate surface area is 81.6 Å². The average Bonchev–Trinajstić information content (AvgIpc) is 2.57. The van der Waals surface area contributed by atoms with Gasteiger partial charge >= 0.3 is 0 Å². The lowest BCUT2D eigenvalue weighted by Crippen LogP contribution is -2.16. The van der Waals surface area contributed by atoms with Gasteiger partial charge in [-0.2, -0.15) is 0 Å². The molecule has 4 heteroatoms. The molecule has 1 aliphatic rings. The van der Waals surface area contributed by atoms with E-state index < -0.39 is 0 Å². The molecule has 0 atom stereocenters. The van der Waals surface area contributed by atoms with E-state index in [0.29, 0.717) is 0 Å². The third-order valence-corrected chi connectivity index (χ3v) is 2.65. The van der Waals surface area contributed by atoms with E-state index in [4.69, 9.17) is 0 Å². The van der Waals surface area contributed by atoms with Crippen molar-refractivity contribution in [3.8, 4) is 0 Å². The highest BCUT2D eigenvalue weighted by Gasteiger charge is 2.18. The molecule has 14 heavy (non-hydrogen) atoms. The SMILES string of the molecule is Cc1nnc2n1Cc1cccnc1C2. The molecule has 0 unspecified atom stereocenters. The molecule has 70 valence electrons. The Balaban J connectivity index is 2.14. The van der Waals surface area contributed by atoms with Crippen molar-refractivity contribution < 1.29 is 0 Å². The first-order chi connectivity index (χ1) is 6.84. The van der Waals surface area contributed by atoms with E-state index in [2.05, 4.69) is 25.8 Å². The van der Waals surface area contributed by atoms with Gasteiger partial charge in [0.15, 0.2) is 0 Å². The maximum Gasteiger partial charge on any atom is 0.139 e. The van der Waals surface area contributed by atoms with Crippen LogP contribution in [0.15, 0.2) is 18.3 Å². The van der Waals surface area contributed by atoms with E-state index in [1.807, 2.05) is 19.2 Å². The Morgan fingerprint density at radius 1 is 1.36 bits per heavy atom. The second-order valence-electron chi connectivity index (χ2n) is 3.54. The third kappa shape index (κ3) is 0.968. The molecule has 0 N–H and O–H groups in total. The summed E-state index contributed by atoms with van der Waals surface area (Å²) in [4.78, 5) is 4.35. The van der Waals surface area contributed by atoms with Gasteiger partial charge in [-0.15, -0.1) is 10.2 Å². The molecule has 0 spiro atoms. The van der Waals surface area contributed by atoms with Crippen molar-refractivity contribution in [2.24, 2.45) is 0 Å². The molecule has 0 saturated carbocycles. The Morgan fingerprint density at radius 3 is 3.21 bits per heavy atom. The first kappa shape index (κ1) is 7.67. The fraction of sp³-hybridized carbons (Fsp3) is 0.300. The van der Waals surface area contributed by atoms with Crippen LogP contribution in [0, 0.1) is 6.92 Å². The highest BCUT2D eigenvalue weighted by Crippen LogP contribution is 2.19. The number of aryl methyl sites for hydroxylation is 1. The maximum atomic E-state index is 4.35. The Hall–Kier alpha value is -1.71. The van der Waals surface area contributed by atoms with Crippen molar-refractivity contribution in [2.45, 2.75) is 19.9 Å². The number of hydrogen-bond acceptors (Lipinski definition) is 3. The van der Waals surface area contributed by atoms with Crippen LogP contribution in [0.25, 0.3) is 0 Å². The van der Waals surface area contributed by atoms with Crippen LogP contribution in [0.2, 0.25) is 0 Å². The lowest BCUT2D eigenvalue weighted by molar-refractivity contribution is 0.671. The summed E-state index contributed by atoms with van der Waals surface area (Å²) in [5, 5.41) is 8.19. The summed E-state index contributed by atoms with van der Waals surface area (Å²) in [6.45, 7) is 2.84. The number of pyridine rings is 1. The first-order valence-corrected chi connectivity index (χ1v) is 4.66. The van der Waals surface area contributed by atoms with E-state index in [1.165, 1.54) is 5.56 Å². The summed E-state index contributed by atoms with van der Waals surface area (Å²) in [7, 11) is 0. The van der Waals surface area contributed by atoms with Crippen LogP contribution in [-0.4, -0.2) is 19.7 Å². The first-order valence-electron chi connectivity index (χ1n) is 4.66. The van der Waals surface area contributed by atoms with Gasteiger partial charge in [0.2, 0.25) is 0 Å². The molecule has 0 fully saturated rings. The van der Waals surface area contributed by atoms with Crippen molar-refractivity contribution in [3.63, 3.8) is 0 Å². The summed E-state index contributed by atoms with van der Waals surface area (Å²) >= 11 is 0. The molecule has 0 aromatic carbocycles. The van der Waals surface area contributed by atoms with Crippen LogP contribution in [0.1, 0.15) is 22.9 Å². The van der Waals surface area contributed by atoms with Crippen LogP contribution in [0.4, 0.5) is 0 Å². The molecule has 0 bridgehead atoms. The van der Waals surface area contributed by atoms with E-state index in [0.717, 1.165) is 30.3 Å². The van der Waals surface area contributed by atoms with Gasteiger partial charge < -0.3 is 4.57 Å². The number of aromatic nitrogens is 4. The highest BCUT2D eigenvalue weighted by atomic mass is 15.3. The van der Waals surface area contributed by atoms with Gasteiger partial charge in [0.1, 0.15) is 11.6 Å². The summed E-state index contributed by atoms with van der Waals surface area (Å²) in [5.41, 5.74) is 2.41. The molecule has 0 aliphatic carbocycles. The summed E-state index contributed by atoms with van der Waals surface area (Å²) < 4.78 is 2.14. The predicted octanol–water partition coefficient (Wildman–Crippen LogP) is 0.934. The molecule has 0 amide bonds. The van der Waals surface area contributed by atoms with E-state index >= 15 is 0 Å². The Morgan fingerprint density at radius 2 is 2.29 bits per heavy atom. The van der Waals surface area contributed by atoms with E-state index in [1.54, 1.807) is 0 Å². The molecule has 2 aromatic heterocycles. The topological polar surface area (TPSA) is 43.6 Å². The zero-order chi connectivity index (χ0) is 9.54. The summed E-state index contributed by atoms with van der Waals surface area (Å²) in [6.07, 6.45) is 2.63. The van der Waals surface area contributed by atoms with Crippen LogP contribution >= 0.6 is 0 Å². The minimum absolute atomic E-state index is 0.803. The van der Waals surface area contributed by atoms with E-state index in [9.17, 15) is 0 Å². The number of rotatable bonds is 0. The standard InChI is InChI=1S/C10H10N4/c1-7-12-13-10-5-9-8(6-14(7)10)3-2-4-11-9/h2-4H,5-6H2,1H3. The molecular weight excluding hydrogens is 176 g/mol. The highest BCUT2D eigenvalue weighted by molar-refractivity contribution is 5.27. The second kappa shape index (κ2) is 2.64. The smallest absolute Gasteiger partial charge is 0.139 e. The Kier molecular flexibility index (Phi) is 1.45. The van der Waals surface area contributed by atoms with Gasteiger partial charge in [0.25, 0.3) is 0 Å². The zero-order valence-electron chi connectivity index (χ0n) is 7.94. The second-order valence-corrected chi connectivity index (χ2v) is 3.54. The maximum absolute atomic E-state index is 4.35. The van der Waals surface area contributed by atoms with Gasteiger partial charge in [-0.25, -0.2) is 0 Å². The van der Waals surface area contributed by atoms with Crippen LogP contribution in [0.5, 0.6) is 0 Å². The fourth-order valence-corrected chi connectivity index (χ4v) is 1.86. The van der Waals surface area contributed by atoms with Crippen molar-refractivity contribution in [3.05, 3.63) is 41.2 Å². The predicted molar refractivity (Wildman–Crippen MR) is 50.9 cm³/mol. The monoisotopic (exact) mass is 186 g/mol. The molecule has 1 aliphatic heterocycles. The number of fused-ring (bicyclic) bond motifs is 2. The normalized spacial score (nSPS) is 13.5. The molecule has 3 heterocycles. The van der Waals surface area contributed by atoms with Crippen molar-refractivity contribution in [1.82, 2.24) is 19.7 Å². The van der Waals surface area contributed by atoms with Crippen molar-refractivity contribution >= 4 is 0 Å². The van der Waals surface area contributed by atoms with Crippen LogP contribution in [-0.2, 0) is 13.0 Å². The van der Waals surface area contributed by atoms with E-state index in [-0.39, 0.29) is 0 Å². The van der Waals surface area contributed by atoms with Crippen LogP contribution < -0.4 is 0 Å². The third-order valence-electron chi connectivity index (χ3n) is 2.65. The summed E-state index contributed by atoms with van der Waals surface area (Å²) in [5.74, 6) is 2.00. The van der Waals surface area contributed by atoms with Gasteiger partial charge in [0, 0.05) is 6.20 Å². The fourth-order valence-electron chi connectivity index (χ4n) is 1.86. The molecule has 2 aromatic rings. The molecule has 3 rings (SSSR count). The van der Waals surface area contributed by atoms with Gasteiger partial charge in [-0.3, -0.25) is 4.98 Å². The summed E-state index contributed by atoms with van der Waals surface area (Å²) in [6, 6.07) is 4.09. The van der Waals surface area contributed by atoms with Crippen LogP contribution in [0.3, 0.4) is 0 Å². The minimum Gasteiger partial charge on any atom is -0.310 e. The minimum atomic E-state index is 0.803. The molecule has 0 radical (unpaired) electrons. The quantitative estimate of drug-likeness (QED) is 0.524. The number of hydrogen-bond donors (Lipinski definition) is 0. The zero-order valence-corrected chi connectivity index (χ0v) is 7.94.